The van der Waals surface area contributed by atoms with Crippen LogP contribution in [0.5, 0.6) is 0 Å². The van der Waals surface area contributed by atoms with Crippen LogP contribution < -0.4 is 0 Å². The molecule has 0 radical (unpaired) electrons. The fraction of sp³-hybridized carbons (Fsp3) is 0.467. The van der Waals surface area contributed by atoms with Crippen molar-refractivity contribution in [3.63, 3.8) is 0 Å². The van der Waals surface area contributed by atoms with Gasteiger partial charge in [0.15, 0.2) is 0 Å². The van der Waals surface area contributed by atoms with Crippen molar-refractivity contribution in [2.75, 3.05) is 7.05 Å². The first-order chi connectivity index (χ1) is 9.50. The minimum absolute atomic E-state index is 0.102. The Morgan fingerprint density at radius 3 is 2.60 bits per heavy atom. The molecule has 2 unspecified atom stereocenters. The molecule has 1 aliphatic carbocycles. The molecule has 1 fully saturated rings. The van der Waals surface area contributed by atoms with Crippen LogP contribution in [0.1, 0.15) is 24.8 Å². The summed E-state index contributed by atoms with van der Waals surface area (Å²) in [5, 5.41) is 9.78. The van der Waals surface area contributed by atoms with Gasteiger partial charge in [0.25, 0.3) is 0 Å². The Bertz CT molecular complexity index is 518. The molecule has 20 heavy (non-hydrogen) atoms. The van der Waals surface area contributed by atoms with Crippen LogP contribution in [-0.2, 0) is 16.1 Å². The zero-order valence-corrected chi connectivity index (χ0v) is 12.1. The zero-order valence-electron chi connectivity index (χ0n) is 11.4. The number of carbonyl (C=O) groups excluding carboxylic acids is 1. The van der Waals surface area contributed by atoms with Crippen LogP contribution in [0.3, 0.4) is 0 Å². The molecule has 1 aromatic rings. The van der Waals surface area contributed by atoms with E-state index in [-0.39, 0.29) is 5.91 Å². The summed E-state index contributed by atoms with van der Waals surface area (Å²) in [5.41, 5.74) is 0.870. The Morgan fingerprint density at radius 2 is 1.95 bits per heavy atom. The van der Waals surface area contributed by atoms with Gasteiger partial charge in [-0.3, -0.25) is 9.59 Å². The molecule has 5 heteroatoms. The van der Waals surface area contributed by atoms with Gasteiger partial charge in [-0.15, -0.1) is 0 Å². The third kappa shape index (κ3) is 3.12. The predicted molar refractivity (Wildman–Crippen MR) is 76.4 cm³/mol. The van der Waals surface area contributed by atoms with Crippen molar-refractivity contribution >= 4 is 23.5 Å². The molecule has 2 atom stereocenters. The summed E-state index contributed by atoms with van der Waals surface area (Å²) in [6.07, 6.45) is 2.04. The fourth-order valence-corrected chi connectivity index (χ4v) is 2.99. The Hall–Kier alpha value is -1.55. The van der Waals surface area contributed by atoms with Crippen molar-refractivity contribution in [2.24, 2.45) is 11.8 Å². The van der Waals surface area contributed by atoms with E-state index in [1.807, 2.05) is 18.2 Å². The van der Waals surface area contributed by atoms with Crippen LogP contribution in [0, 0.1) is 11.8 Å². The Labute approximate surface area is 123 Å². The number of aliphatic carboxylic acids is 1. The summed E-state index contributed by atoms with van der Waals surface area (Å²) < 4.78 is 0. The molecule has 0 aliphatic heterocycles. The van der Waals surface area contributed by atoms with Crippen molar-refractivity contribution in [3.8, 4) is 0 Å². The second-order valence-corrected chi connectivity index (χ2v) is 5.68. The SMILES string of the molecule is CN(Cc1ccccc1Cl)C(=O)C1CCCC1C(=O)O. The predicted octanol–water partition coefficient (Wildman–Crippen LogP) is 2.80. The van der Waals surface area contributed by atoms with E-state index in [9.17, 15) is 9.59 Å². The molecule has 0 spiro atoms. The number of amides is 1. The minimum atomic E-state index is -0.869. The first-order valence-electron chi connectivity index (χ1n) is 6.72. The molecule has 0 bridgehead atoms. The summed E-state index contributed by atoms with van der Waals surface area (Å²) in [5.74, 6) is -1.92. The van der Waals surface area contributed by atoms with Gasteiger partial charge in [-0.1, -0.05) is 36.2 Å². The molecular weight excluding hydrogens is 278 g/mol. The quantitative estimate of drug-likeness (QED) is 0.929. The van der Waals surface area contributed by atoms with Crippen LogP contribution >= 0.6 is 11.6 Å². The van der Waals surface area contributed by atoms with Gasteiger partial charge >= 0.3 is 5.97 Å². The highest BCUT2D eigenvalue weighted by molar-refractivity contribution is 6.31. The number of hydrogen-bond acceptors (Lipinski definition) is 2. The molecule has 0 saturated heterocycles. The average molecular weight is 296 g/mol. The maximum absolute atomic E-state index is 12.4. The van der Waals surface area contributed by atoms with Gasteiger partial charge in [0.1, 0.15) is 0 Å². The molecule has 108 valence electrons. The molecule has 1 amide bonds. The van der Waals surface area contributed by atoms with Gasteiger partial charge in [0, 0.05) is 18.6 Å². The van der Waals surface area contributed by atoms with E-state index in [2.05, 4.69) is 0 Å². The molecule has 1 aliphatic rings. The first kappa shape index (κ1) is 14.9. The number of carbonyl (C=O) groups is 2. The maximum Gasteiger partial charge on any atom is 0.307 e. The van der Waals surface area contributed by atoms with Crippen molar-refractivity contribution in [2.45, 2.75) is 25.8 Å². The van der Waals surface area contributed by atoms with Crippen molar-refractivity contribution in [3.05, 3.63) is 34.9 Å². The van der Waals surface area contributed by atoms with Gasteiger partial charge in [-0.25, -0.2) is 0 Å². The van der Waals surface area contributed by atoms with E-state index >= 15 is 0 Å². The third-order valence-corrected chi connectivity index (χ3v) is 4.26. The lowest BCUT2D eigenvalue weighted by Gasteiger charge is -2.23. The monoisotopic (exact) mass is 295 g/mol. The van der Waals surface area contributed by atoms with Gasteiger partial charge in [-0.05, 0) is 24.5 Å². The van der Waals surface area contributed by atoms with E-state index in [1.54, 1.807) is 18.0 Å². The minimum Gasteiger partial charge on any atom is -0.481 e. The van der Waals surface area contributed by atoms with E-state index in [4.69, 9.17) is 16.7 Å². The molecule has 1 saturated carbocycles. The highest BCUT2D eigenvalue weighted by atomic mass is 35.5. The number of carboxylic acid groups (broad SMARTS) is 1. The molecule has 1 aromatic carbocycles. The van der Waals surface area contributed by atoms with E-state index < -0.39 is 17.8 Å². The number of carboxylic acids is 1. The van der Waals surface area contributed by atoms with Crippen LogP contribution in [0.4, 0.5) is 0 Å². The average Bonchev–Trinajstić information content (AvgIpc) is 2.89. The summed E-state index contributed by atoms with van der Waals surface area (Å²) in [6, 6.07) is 7.36. The van der Waals surface area contributed by atoms with E-state index in [0.717, 1.165) is 12.0 Å². The van der Waals surface area contributed by atoms with Crippen molar-refractivity contribution in [1.82, 2.24) is 4.90 Å². The first-order valence-corrected chi connectivity index (χ1v) is 7.09. The number of halogens is 1. The lowest BCUT2D eigenvalue weighted by Crippen LogP contribution is -2.36. The van der Waals surface area contributed by atoms with Gasteiger partial charge in [-0.2, -0.15) is 0 Å². The zero-order chi connectivity index (χ0) is 14.7. The van der Waals surface area contributed by atoms with Gasteiger partial charge in [0.05, 0.1) is 11.8 Å². The third-order valence-electron chi connectivity index (χ3n) is 3.89. The molecule has 1 N–H and O–H groups in total. The summed E-state index contributed by atoms with van der Waals surface area (Å²) >= 11 is 6.08. The molecular formula is C15H18ClNO3. The maximum atomic E-state index is 12.4. The Morgan fingerprint density at radius 1 is 1.30 bits per heavy atom. The summed E-state index contributed by atoms with van der Waals surface area (Å²) in [7, 11) is 1.70. The lowest BCUT2D eigenvalue weighted by molar-refractivity contribution is -0.148. The molecule has 0 heterocycles. The molecule has 2 rings (SSSR count). The normalized spacial score (nSPS) is 21.7. The van der Waals surface area contributed by atoms with Crippen molar-refractivity contribution < 1.29 is 14.7 Å². The highest BCUT2D eigenvalue weighted by Crippen LogP contribution is 2.33. The van der Waals surface area contributed by atoms with Crippen LogP contribution in [0.15, 0.2) is 24.3 Å². The van der Waals surface area contributed by atoms with E-state index in [0.29, 0.717) is 24.4 Å². The largest absolute Gasteiger partial charge is 0.481 e. The number of nitrogens with zero attached hydrogens (tertiary/aromatic N) is 1. The van der Waals surface area contributed by atoms with Gasteiger partial charge in [0.2, 0.25) is 5.91 Å². The summed E-state index contributed by atoms with van der Waals surface area (Å²) in [4.78, 5) is 25.1. The topological polar surface area (TPSA) is 57.6 Å². The van der Waals surface area contributed by atoms with Crippen LogP contribution in [-0.4, -0.2) is 28.9 Å². The smallest absolute Gasteiger partial charge is 0.307 e. The van der Waals surface area contributed by atoms with Gasteiger partial charge < -0.3 is 10.0 Å². The van der Waals surface area contributed by atoms with Crippen LogP contribution in [0.2, 0.25) is 5.02 Å². The fourth-order valence-electron chi connectivity index (χ4n) is 2.79. The molecule has 4 nitrogen and oxygen atoms in total. The lowest BCUT2D eigenvalue weighted by atomic mass is 9.95. The Kier molecular flexibility index (Phi) is 4.65. The van der Waals surface area contributed by atoms with Crippen LogP contribution in [0.25, 0.3) is 0 Å². The highest BCUT2D eigenvalue weighted by Gasteiger charge is 2.38. The second-order valence-electron chi connectivity index (χ2n) is 5.27. The second kappa shape index (κ2) is 6.27. The Balaban J connectivity index is 2.05. The number of hydrogen-bond donors (Lipinski definition) is 1. The standard InChI is InChI=1S/C15H18ClNO3/c1-17(9-10-5-2-3-8-13(10)16)14(18)11-6-4-7-12(11)15(19)20/h2-3,5,8,11-12H,4,6-7,9H2,1H3,(H,19,20). The number of rotatable bonds is 4. The molecule has 0 aromatic heterocycles. The van der Waals surface area contributed by atoms with Crippen molar-refractivity contribution in [1.29, 1.82) is 0 Å². The van der Waals surface area contributed by atoms with E-state index in [1.165, 1.54) is 0 Å². The number of benzene rings is 1. The summed E-state index contributed by atoms with van der Waals surface area (Å²) in [6.45, 7) is 0.404.